The average Bonchev–Trinajstić information content (AvgIpc) is 2.75. The third kappa shape index (κ3) is 3.79. The van der Waals surface area contributed by atoms with E-state index in [9.17, 15) is 4.79 Å². The van der Waals surface area contributed by atoms with Crippen LogP contribution in [0.2, 0.25) is 0 Å². The van der Waals surface area contributed by atoms with Crippen LogP contribution in [0, 0.1) is 16.7 Å². The molecule has 1 aromatic heterocycles. The molecule has 0 saturated heterocycles. The maximum absolute atomic E-state index is 11.9. The molecule has 5 nitrogen and oxygen atoms in total. The van der Waals surface area contributed by atoms with Crippen molar-refractivity contribution in [1.82, 2.24) is 14.9 Å². The molecular weight excluding hydrogens is 236 g/mol. The van der Waals surface area contributed by atoms with Crippen molar-refractivity contribution in [2.24, 2.45) is 5.41 Å². The van der Waals surface area contributed by atoms with Crippen LogP contribution in [-0.2, 0) is 6.42 Å². The number of nitrogens with one attached hydrogen (secondary N) is 1. The molecule has 0 aliphatic heterocycles. The van der Waals surface area contributed by atoms with Crippen LogP contribution in [0.25, 0.3) is 0 Å². The SMILES string of the molecule is CCCc1nnsc1C(=O)NCC(C)(C)C#N. The molecule has 0 spiro atoms. The van der Waals surface area contributed by atoms with Gasteiger partial charge in [0.2, 0.25) is 0 Å². The van der Waals surface area contributed by atoms with Crippen LogP contribution in [0.1, 0.15) is 42.6 Å². The van der Waals surface area contributed by atoms with Gasteiger partial charge in [-0.05, 0) is 31.8 Å². The highest BCUT2D eigenvalue weighted by Gasteiger charge is 2.20. The van der Waals surface area contributed by atoms with Crippen molar-refractivity contribution in [2.45, 2.75) is 33.6 Å². The van der Waals surface area contributed by atoms with E-state index in [0.29, 0.717) is 11.4 Å². The molecule has 1 rings (SSSR count). The van der Waals surface area contributed by atoms with Gasteiger partial charge >= 0.3 is 0 Å². The third-order valence-electron chi connectivity index (χ3n) is 2.24. The second-order valence-corrected chi connectivity index (χ2v) is 5.23. The molecule has 0 fully saturated rings. The van der Waals surface area contributed by atoms with Gasteiger partial charge < -0.3 is 5.32 Å². The first kappa shape index (κ1) is 13.6. The second kappa shape index (κ2) is 5.73. The molecule has 0 radical (unpaired) electrons. The van der Waals surface area contributed by atoms with Gasteiger partial charge in [0.25, 0.3) is 5.91 Å². The Labute approximate surface area is 105 Å². The van der Waals surface area contributed by atoms with E-state index in [1.807, 2.05) is 6.92 Å². The Morgan fingerprint density at radius 3 is 2.88 bits per heavy atom. The number of nitrogens with zero attached hydrogens (tertiary/aromatic N) is 3. The maximum Gasteiger partial charge on any atom is 0.265 e. The van der Waals surface area contributed by atoms with Gasteiger partial charge in [0, 0.05) is 6.54 Å². The summed E-state index contributed by atoms with van der Waals surface area (Å²) in [5, 5.41) is 15.5. The van der Waals surface area contributed by atoms with Gasteiger partial charge in [-0.15, -0.1) is 5.10 Å². The van der Waals surface area contributed by atoms with Crippen LogP contribution in [0.4, 0.5) is 0 Å². The molecule has 1 aromatic rings. The number of rotatable bonds is 5. The van der Waals surface area contributed by atoms with Crippen LogP contribution >= 0.6 is 11.5 Å². The van der Waals surface area contributed by atoms with Crippen molar-refractivity contribution >= 4 is 17.4 Å². The normalized spacial score (nSPS) is 10.9. The molecule has 0 unspecified atom stereocenters. The van der Waals surface area contributed by atoms with Gasteiger partial charge in [0.05, 0.1) is 17.2 Å². The quantitative estimate of drug-likeness (QED) is 0.866. The summed E-state index contributed by atoms with van der Waals surface area (Å²) in [5.74, 6) is -0.188. The Kier molecular flexibility index (Phi) is 4.58. The van der Waals surface area contributed by atoms with E-state index >= 15 is 0 Å². The summed E-state index contributed by atoms with van der Waals surface area (Å²) >= 11 is 1.10. The van der Waals surface area contributed by atoms with E-state index in [-0.39, 0.29) is 5.91 Å². The zero-order chi connectivity index (χ0) is 12.9. The van der Waals surface area contributed by atoms with E-state index in [0.717, 1.165) is 30.1 Å². The monoisotopic (exact) mass is 252 g/mol. The molecule has 1 heterocycles. The number of amides is 1. The molecule has 1 N–H and O–H groups in total. The van der Waals surface area contributed by atoms with E-state index in [4.69, 9.17) is 5.26 Å². The topological polar surface area (TPSA) is 78.7 Å². The summed E-state index contributed by atoms with van der Waals surface area (Å²) in [6.07, 6.45) is 1.68. The van der Waals surface area contributed by atoms with Gasteiger partial charge in [0.1, 0.15) is 4.88 Å². The fourth-order valence-electron chi connectivity index (χ4n) is 1.20. The Hall–Kier alpha value is -1.48. The van der Waals surface area contributed by atoms with Crippen molar-refractivity contribution in [2.75, 3.05) is 6.54 Å². The first-order valence-corrected chi connectivity index (χ1v) is 6.28. The predicted molar refractivity (Wildman–Crippen MR) is 65.6 cm³/mol. The molecular formula is C11H16N4OS. The van der Waals surface area contributed by atoms with Gasteiger partial charge in [-0.3, -0.25) is 4.79 Å². The van der Waals surface area contributed by atoms with E-state index < -0.39 is 5.41 Å². The van der Waals surface area contributed by atoms with Gasteiger partial charge in [-0.1, -0.05) is 17.8 Å². The highest BCUT2D eigenvalue weighted by Crippen LogP contribution is 2.14. The molecule has 92 valence electrons. The minimum atomic E-state index is -0.557. The van der Waals surface area contributed by atoms with Crippen LogP contribution in [-0.4, -0.2) is 22.0 Å². The Morgan fingerprint density at radius 2 is 2.29 bits per heavy atom. The fourth-order valence-corrected chi connectivity index (χ4v) is 1.83. The summed E-state index contributed by atoms with van der Waals surface area (Å²) in [6, 6.07) is 2.14. The maximum atomic E-state index is 11.9. The summed E-state index contributed by atoms with van der Waals surface area (Å²) in [7, 11) is 0. The van der Waals surface area contributed by atoms with Crippen LogP contribution in [0.3, 0.4) is 0 Å². The summed E-state index contributed by atoms with van der Waals surface area (Å²) in [6.45, 7) is 5.92. The zero-order valence-electron chi connectivity index (χ0n) is 10.3. The van der Waals surface area contributed by atoms with Crippen molar-refractivity contribution in [3.63, 3.8) is 0 Å². The number of hydrogen-bond donors (Lipinski definition) is 1. The lowest BCUT2D eigenvalue weighted by molar-refractivity contribution is 0.0946. The number of carbonyl (C=O) groups is 1. The standard InChI is InChI=1S/C11H16N4OS/c1-4-5-8-9(17-15-14-8)10(16)13-7-11(2,3)6-12/h4-5,7H2,1-3H3,(H,13,16). The molecule has 1 amide bonds. The molecule has 0 aliphatic rings. The number of aryl methyl sites for hydroxylation is 1. The molecule has 6 heteroatoms. The zero-order valence-corrected chi connectivity index (χ0v) is 11.1. The molecule has 0 saturated carbocycles. The lowest BCUT2D eigenvalue weighted by atomic mass is 9.96. The highest BCUT2D eigenvalue weighted by atomic mass is 32.1. The first-order chi connectivity index (χ1) is 8.00. The number of nitriles is 1. The Balaban J connectivity index is 2.65. The Bertz CT molecular complexity index is 433. The van der Waals surface area contributed by atoms with E-state index in [2.05, 4.69) is 21.0 Å². The van der Waals surface area contributed by atoms with Crippen LogP contribution in [0.5, 0.6) is 0 Å². The number of aromatic nitrogens is 2. The molecule has 0 bridgehead atoms. The largest absolute Gasteiger partial charge is 0.350 e. The smallest absolute Gasteiger partial charge is 0.265 e. The first-order valence-electron chi connectivity index (χ1n) is 5.51. The molecule has 17 heavy (non-hydrogen) atoms. The van der Waals surface area contributed by atoms with E-state index in [1.165, 1.54) is 0 Å². The van der Waals surface area contributed by atoms with Crippen molar-refractivity contribution in [3.8, 4) is 6.07 Å². The van der Waals surface area contributed by atoms with Gasteiger partial charge in [-0.25, -0.2) is 0 Å². The number of carbonyl (C=O) groups excluding carboxylic acids is 1. The molecule has 0 aromatic carbocycles. The van der Waals surface area contributed by atoms with Crippen molar-refractivity contribution in [1.29, 1.82) is 5.26 Å². The van der Waals surface area contributed by atoms with Gasteiger partial charge in [-0.2, -0.15) is 5.26 Å². The summed E-state index contributed by atoms with van der Waals surface area (Å²) in [5.41, 5.74) is 0.184. The molecule has 0 atom stereocenters. The lowest BCUT2D eigenvalue weighted by Gasteiger charge is -2.15. The van der Waals surface area contributed by atoms with Gasteiger partial charge in [0.15, 0.2) is 0 Å². The minimum absolute atomic E-state index is 0.188. The van der Waals surface area contributed by atoms with E-state index in [1.54, 1.807) is 13.8 Å². The fraction of sp³-hybridized carbons (Fsp3) is 0.636. The predicted octanol–water partition coefficient (Wildman–Crippen LogP) is 1.77. The second-order valence-electron chi connectivity index (χ2n) is 4.48. The summed E-state index contributed by atoms with van der Waals surface area (Å²) in [4.78, 5) is 12.4. The highest BCUT2D eigenvalue weighted by molar-refractivity contribution is 7.08. The molecule has 0 aliphatic carbocycles. The van der Waals surface area contributed by atoms with Crippen molar-refractivity contribution < 1.29 is 4.79 Å². The minimum Gasteiger partial charge on any atom is -0.350 e. The van der Waals surface area contributed by atoms with Crippen LogP contribution < -0.4 is 5.32 Å². The Morgan fingerprint density at radius 1 is 1.59 bits per heavy atom. The van der Waals surface area contributed by atoms with Crippen LogP contribution in [0.15, 0.2) is 0 Å². The van der Waals surface area contributed by atoms with Crippen molar-refractivity contribution in [3.05, 3.63) is 10.6 Å². The lowest BCUT2D eigenvalue weighted by Crippen LogP contribution is -2.33. The third-order valence-corrected chi connectivity index (χ3v) is 3.01. The number of hydrogen-bond acceptors (Lipinski definition) is 5. The average molecular weight is 252 g/mol. The summed E-state index contributed by atoms with van der Waals surface area (Å²) < 4.78 is 3.79.